The normalized spacial score (nSPS) is 23.3. The maximum Gasteiger partial charge on any atom is 0.326 e. The molecular formula is C31H31N5O6. The first-order chi connectivity index (χ1) is 20.4. The zero-order valence-corrected chi connectivity index (χ0v) is 23.4. The first-order valence-corrected chi connectivity index (χ1v) is 14.2. The number of rotatable bonds is 6. The summed E-state index contributed by atoms with van der Waals surface area (Å²) in [6.07, 6.45) is 7.67. The number of carboxylic acid groups (broad SMARTS) is 1. The Labute approximate surface area is 242 Å². The Morgan fingerprint density at radius 1 is 1.26 bits per heavy atom. The molecule has 1 N–H and O–H groups in total. The summed E-state index contributed by atoms with van der Waals surface area (Å²) in [5.41, 5.74) is 2.81. The second-order valence-electron chi connectivity index (χ2n) is 11.0. The van der Waals surface area contributed by atoms with Gasteiger partial charge < -0.3 is 33.5 Å². The molecule has 11 heteroatoms. The van der Waals surface area contributed by atoms with Crippen LogP contribution in [0, 0.1) is 12.3 Å². The number of morpholine rings is 1. The Morgan fingerprint density at radius 2 is 2.10 bits per heavy atom. The third-order valence-corrected chi connectivity index (χ3v) is 8.61. The number of pyridine rings is 1. The van der Waals surface area contributed by atoms with E-state index in [9.17, 15) is 9.90 Å². The fraction of sp³-hybridized carbons (Fsp3) is 0.419. The van der Waals surface area contributed by atoms with E-state index in [1.54, 1.807) is 11.1 Å². The molecule has 0 saturated carbocycles. The van der Waals surface area contributed by atoms with Crippen molar-refractivity contribution in [3.05, 3.63) is 47.9 Å². The van der Waals surface area contributed by atoms with Crippen molar-refractivity contribution in [2.24, 2.45) is 0 Å². The Hall–Kier alpha value is -4.40. The van der Waals surface area contributed by atoms with Gasteiger partial charge in [-0.3, -0.25) is 0 Å². The minimum atomic E-state index is -0.966. The van der Waals surface area contributed by atoms with E-state index in [1.807, 2.05) is 37.3 Å². The standard InChI is InChI=1S/C31H31N5O6/c1-4-19-12-22(35-10-11-40-31(18(35)3)16-39-17-31)29(32-14-19)41-20-13-23(30(37)38)36(15-20)28-27-26(33-25(5-2)34-28)21-8-6-7-9-24(21)42-27/h1,6-9,12,14,18,20,23H,5,10-11,13,15-17H2,2-3H3,(H,37,38)/t18-,20-,23-/m0/s1. The number of carbonyl (C=O) groups is 1. The number of furan rings is 1. The maximum atomic E-state index is 12.6. The third kappa shape index (κ3) is 4.21. The Kier molecular flexibility index (Phi) is 6.40. The summed E-state index contributed by atoms with van der Waals surface area (Å²) < 4.78 is 24.3. The van der Waals surface area contributed by atoms with E-state index in [4.69, 9.17) is 35.0 Å². The number of hydrogen-bond acceptors (Lipinski definition) is 10. The zero-order chi connectivity index (χ0) is 29.0. The lowest BCUT2D eigenvalue weighted by Gasteiger charge is -2.53. The molecule has 0 aliphatic carbocycles. The number of terminal acetylenes is 1. The molecule has 3 aliphatic heterocycles. The number of hydrogen-bond donors (Lipinski definition) is 1. The number of aromatic nitrogens is 3. The molecule has 1 spiro atoms. The summed E-state index contributed by atoms with van der Waals surface area (Å²) in [4.78, 5) is 30.6. The molecule has 4 aromatic rings. The van der Waals surface area contributed by atoms with Gasteiger partial charge in [0.15, 0.2) is 11.4 Å². The highest BCUT2D eigenvalue weighted by molar-refractivity contribution is 6.06. The number of carboxylic acids is 1. The number of ether oxygens (including phenoxy) is 3. The smallest absolute Gasteiger partial charge is 0.326 e. The monoisotopic (exact) mass is 569 g/mol. The van der Waals surface area contributed by atoms with Crippen molar-refractivity contribution in [3.8, 4) is 18.2 Å². The number of para-hydroxylation sites is 1. The van der Waals surface area contributed by atoms with Crippen LogP contribution in [0.15, 0.2) is 40.9 Å². The lowest BCUT2D eigenvalue weighted by Crippen LogP contribution is -2.68. The number of nitrogens with zero attached hydrogens (tertiary/aromatic N) is 5. The van der Waals surface area contributed by atoms with Gasteiger partial charge in [0.2, 0.25) is 5.88 Å². The van der Waals surface area contributed by atoms with Gasteiger partial charge in [-0.2, -0.15) is 0 Å². The molecule has 0 bridgehead atoms. The molecule has 42 heavy (non-hydrogen) atoms. The van der Waals surface area contributed by atoms with Crippen molar-refractivity contribution in [1.82, 2.24) is 15.0 Å². The van der Waals surface area contributed by atoms with Gasteiger partial charge in [0.1, 0.15) is 40.4 Å². The molecule has 0 amide bonds. The van der Waals surface area contributed by atoms with Gasteiger partial charge in [0.25, 0.3) is 0 Å². The molecule has 0 unspecified atom stereocenters. The van der Waals surface area contributed by atoms with Gasteiger partial charge in [0.05, 0.1) is 32.4 Å². The van der Waals surface area contributed by atoms with Crippen LogP contribution >= 0.6 is 0 Å². The molecule has 3 saturated heterocycles. The molecule has 1 aromatic carbocycles. The van der Waals surface area contributed by atoms with Gasteiger partial charge in [-0.15, -0.1) is 6.42 Å². The molecule has 3 aliphatic rings. The van der Waals surface area contributed by atoms with E-state index in [-0.39, 0.29) is 24.6 Å². The highest BCUT2D eigenvalue weighted by atomic mass is 16.6. The van der Waals surface area contributed by atoms with Crippen LogP contribution < -0.4 is 14.5 Å². The van der Waals surface area contributed by atoms with Crippen LogP contribution in [-0.2, 0) is 20.7 Å². The molecule has 7 rings (SSSR count). The van der Waals surface area contributed by atoms with Crippen molar-refractivity contribution in [2.45, 2.75) is 50.5 Å². The number of aryl methyl sites for hydroxylation is 1. The van der Waals surface area contributed by atoms with E-state index >= 15 is 0 Å². The van der Waals surface area contributed by atoms with E-state index < -0.39 is 18.1 Å². The van der Waals surface area contributed by atoms with Gasteiger partial charge in [-0.25, -0.2) is 19.7 Å². The highest BCUT2D eigenvalue weighted by Gasteiger charge is 2.50. The maximum absolute atomic E-state index is 12.6. The average Bonchev–Trinajstić information content (AvgIpc) is 3.58. The predicted molar refractivity (Wildman–Crippen MR) is 155 cm³/mol. The van der Waals surface area contributed by atoms with Crippen LogP contribution in [0.1, 0.15) is 31.7 Å². The van der Waals surface area contributed by atoms with Crippen LogP contribution in [-0.4, -0.2) is 82.7 Å². The van der Waals surface area contributed by atoms with Gasteiger partial charge in [-0.05, 0) is 25.1 Å². The van der Waals surface area contributed by atoms with Crippen molar-refractivity contribution in [3.63, 3.8) is 0 Å². The molecule has 3 fully saturated rings. The minimum Gasteiger partial charge on any atom is -0.480 e. The fourth-order valence-electron chi connectivity index (χ4n) is 6.20. The minimum absolute atomic E-state index is 0.00104. The van der Waals surface area contributed by atoms with Gasteiger partial charge in [0, 0.05) is 36.5 Å². The van der Waals surface area contributed by atoms with Crippen LogP contribution in [0.5, 0.6) is 5.88 Å². The predicted octanol–water partition coefficient (Wildman–Crippen LogP) is 3.42. The summed E-state index contributed by atoms with van der Waals surface area (Å²) >= 11 is 0. The molecule has 11 nitrogen and oxygen atoms in total. The number of benzene rings is 1. The van der Waals surface area contributed by atoms with Crippen LogP contribution in [0.2, 0.25) is 0 Å². The largest absolute Gasteiger partial charge is 0.480 e. The third-order valence-electron chi connectivity index (χ3n) is 8.61. The molecule has 6 heterocycles. The molecule has 216 valence electrons. The molecule has 3 aromatic heterocycles. The number of fused-ring (bicyclic) bond motifs is 3. The summed E-state index contributed by atoms with van der Waals surface area (Å²) in [5.74, 6) is 3.17. The Bertz CT molecular complexity index is 1730. The van der Waals surface area contributed by atoms with Gasteiger partial charge in [-0.1, -0.05) is 25.0 Å². The quantitative estimate of drug-likeness (QED) is 0.344. The fourth-order valence-corrected chi connectivity index (χ4v) is 6.20. The van der Waals surface area contributed by atoms with Crippen molar-refractivity contribution < 1.29 is 28.5 Å². The topological polar surface area (TPSA) is 123 Å². The van der Waals surface area contributed by atoms with Crippen molar-refractivity contribution in [1.29, 1.82) is 0 Å². The lowest BCUT2D eigenvalue weighted by atomic mass is 9.90. The second-order valence-corrected chi connectivity index (χ2v) is 11.0. The second kappa shape index (κ2) is 10.2. The molecule has 3 atom stereocenters. The molecular weight excluding hydrogens is 538 g/mol. The van der Waals surface area contributed by atoms with Crippen LogP contribution in [0.4, 0.5) is 11.5 Å². The van der Waals surface area contributed by atoms with Crippen LogP contribution in [0.3, 0.4) is 0 Å². The summed E-state index contributed by atoms with van der Waals surface area (Å²) in [6, 6.07) is 8.65. The Morgan fingerprint density at radius 3 is 2.83 bits per heavy atom. The SMILES string of the molecule is C#Cc1cnc(O[C@H]2C[C@@H](C(=O)O)N(c3nc(CC)nc4c3oc3ccccc34)C2)c(N2CCOC3(COC3)[C@@H]2C)c1. The summed E-state index contributed by atoms with van der Waals surface area (Å²) in [7, 11) is 0. The van der Waals surface area contributed by atoms with Crippen molar-refractivity contribution in [2.75, 3.05) is 42.7 Å². The van der Waals surface area contributed by atoms with E-state index in [1.165, 1.54) is 0 Å². The van der Waals surface area contributed by atoms with Crippen LogP contribution in [0.25, 0.3) is 22.1 Å². The number of aliphatic carboxylic acids is 1. The van der Waals surface area contributed by atoms with Crippen molar-refractivity contribution >= 4 is 39.5 Å². The first kappa shape index (κ1) is 26.5. The van der Waals surface area contributed by atoms with E-state index in [2.05, 4.69) is 22.7 Å². The average molecular weight is 570 g/mol. The summed E-state index contributed by atoms with van der Waals surface area (Å²) in [5, 5.41) is 11.1. The van der Waals surface area contributed by atoms with E-state index in [0.717, 1.165) is 11.1 Å². The molecule has 0 radical (unpaired) electrons. The van der Waals surface area contributed by atoms with Gasteiger partial charge >= 0.3 is 5.97 Å². The lowest BCUT2D eigenvalue weighted by molar-refractivity contribution is -0.228. The first-order valence-electron chi connectivity index (χ1n) is 14.2. The Balaban J connectivity index is 1.24. The van der Waals surface area contributed by atoms with E-state index in [0.29, 0.717) is 72.6 Å². The number of anilines is 2. The highest BCUT2D eigenvalue weighted by Crippen LogP contribution is 2.40. The summed E-state index contributed by atoms with van der Waals surface area (Å²) in [6.45, 7) is 6.56. The zero-order valence-electron chi connectivity index (χ0n) is 23.4.